The van der Waals surface area contributed by atoms with Gasteiger partial charge in [-0.15, -0.1) is 5.10 Å². The number of hydrogen-bond acceptors (Lipinski definition) is 11. The number of nitrogens with one attached hydrogen (secondary N) is 1. The van der Waals surface area contributed by atoms with Crippen molar-refractivity contribution in [2.24, 2.45) is 0 Å². The number of aromatic nitrogens is 5. The molecule has 0 unspecified atom stereocenters. The largest absolute Gasteiger partial charge is 0.487 e. The first kappa shape index (κ1) is 30.4. The second kappa shape index (κ2) is 14.9. The van der Waals surface area contributed by atoms with Crippen LogP contribution in [0.2, 0.25) is 0 Å². The van der Waals surface area contributed by atoms with Crippen molar-refractivity contribution in [2.75, 3.05) is 46.0 Å². The van der Waals surface area contributed by atoms with Crippen LogP contribution in [0.1, 0.15) is 18.5 Å². The van der Waals surface area contributed by atoms with E-state index < -0.39 is 12.0 Å². The van der Waals surface area contributed by atoms with Crippen LogP contribution in [0.5, 0.6) is 11.5 Å². The van der Waals surface area contributed by atoms with Gasteiger partial charge >= 0.3 is 5.97 Å². The lowest BCUT2D eigenvalue weighted by molar-refractivity contribution is -0.148. The maximum atomic E-state index is 12.6. The summed E-state index contributed by atoms with van der Waals surface area (Å²) in [6, 6.07) is 20.2. The van der Waals surface area contributed by atoms with Crippen LogP contribution in [0.15, 0.2) is 79.3 Å². The van der Waals surface area contributed by atoms with Gasteiger partial charge in [-0.05, 0) is 30.7 Å². The minimum absolute atomic E-state index is 0.194. The van der Waals surface area contributed by atoms with Crippen LogP contribution < -0.4 is 14.8 Å². The van der Waals surface area contributed by atoms with Gasteiger partial charge in [-0.3, -0.25) is 0 Å². The number of anilines is 2. The number of benzene rings is 3. The standard InChI is InChI=1S/C32H34N6O6/c1-22(32(39)44-20-23-8-5-4-6-9-23)38-19-28(36-37-38)24-10-7-11-25(16-24)35-31-26-17-29(42-14-12-40-2)30(43-15-13-41-3)18-27(26)33-21-34-31/h4-11,16-19,21-22H,12-15,20H2,1-3H3,(H,33,34,35)/t22-/m0/s1. The summed E-state index contributed by atoms with van der Waals surface area (Å²) in [5.41, 5.74) is 3.78. The molecule has 228 valence electrons. The quantitative estimate of drug-likeness (QED) is 0.129. The zero-order valence-electron chi connectivity index (χ0n) is 24.8. The Labute approximate surface area is 254 Å². The van der Waals surface area contributed by atoms with Crippen molar-refractivity contribution < 1.29 is 28.5 Å². The van der Waals surface area contributed by atoms with Crippen molar-refractivity contribution in [1.82, 2.24) is 25.0 Å². The molecular formula is C32H34N6O6. The number of fused-ring (bicyclic) bond motifs is 1. The zero-order valence-corrected chi connectivity index (χ0v) is 24.8. The number of esters is 1. The average Bonchev–Trinajstić information content (AvgIpc) is 3.55. The highest BCUT2D eigenvalue weighted by molar-refractivity contribution is 5.93. The summed E-state index contributed by atoms with van der Waals surface area (Å²) in [5.74, 6) is 1.30. The predicted molar refractivity (Wildman–Crippen MR) is 164 cm³/mol. The molecule has 0 fully saturated rings. The number of ether oxygens (including phenoxy) is 5. The van der Waals surface area contributed by atoms with Crippen molar-refractivity contribution in [3.05, 3.63) is 84.8 Å². The molecule has 0 saturated heterocycles. The Kier molecular flexibility index (Phi) is 10.3. The molecule has 0 aliphatic rings. The minimum atomic E-state index is -0.641. The van der Waals surface area contributed by atoms with Gasteiger partial charge in [0.25, 0.3) is 0 Å². The first-order valence-electron chi connectivity index (χ1n) is 14.1. The van der Waals surface area contributed by atoms with Crippen LogP contribution in [0.25, 0.3) is 22.2 Å². The maximum absolute atomic E-state index is 12.6. The molecule has 12 heteroatoms. The fraction of sp³-hybridized carbons (Fsp3) is 0.281. The molecule has 12 nitrogen and oxygen atoms in total. The Hall–Kier alpha value is -5.07. The topological polar surface area (TPSA) is 132 Å². The van der Waals surface area contributed by atoms with E-state index in [0.29, 0.717) is 55.0 Å². The van der Waals surface area contributed by atoms with Crippen molar-refractivity contribution in [1.29, 1.82) is 0 Å². The molecule has 3 aromatic carbocycles. The number of carbonyl (C=O) groups is 1. The number of nitrogens with zero attached hydrogens (tertiary/aromatic N) is 5. The fourth-order valence-corrected chi connectivity index (χ4v) is 4.31. The molecule has 5 aromatic rings. The second-order valence-corrected chi connectivity index (χ2v) is 9.78. The normalized spacial score (nSPS) is 11.7. The molecule has 44 heavy (non-hydrogen) atoms. The molecule has 0 radical (unpaired) electrons. The van der Waals surface area contributed by atoms with Crippen molar-refractivity contribution in [2.45, 2.75) is 19.6 Å². The van der Waals surface area contributed by atoms with E-state index in [9.17, 15) is 4.79 Å². The lowest BCUT2D eigenvalue weighted by Crippen LogP contribution is -2.19. The lowest BCUT2D eigenvalue weighted by atomic mass is 10.1. The first-order chi connectivity index (χ1) is 21.6. The van der Waals surface area contributed by atoms with E-state index in [-0.39, 0.29) is 6.61 Å². The highest BCUT2D eigenvalue weighted by Crippen LogP contribution is 2.35. The Balaban J connectivity index is 1.32. The SMILES string of the molecule is COCCOc1cc2ncnc(Nc3cccc(-c4cn([C@@H](C)C(=O)OCc5ccccc5)nn4)c3)c2cc1OCCOC. The average molecular weight is 599 g/mol. The number of rotatable bonds is 15. The molecule has 2 heterocycles. The monoisotopic (exact) mass is 598 g/mol. The van der Waals surface area contributed by atoms with Crippen LogP contribution in [0.4, 0.5) is 11.5 Å². The van der Waals surface area contributed by atoms with Crippen molar-refractivity contribution >= 4 is 28.4 Å². The van der Waals surface area contributed by atoms with Crippen LogP contribution in [-0.2, 0) is 25.6 Å². The number of hydrogen-bond donors (Lipinski definition) is 1. The molecule has 1 atom stereocenters. The van der Waals surface area contributed by atoms with E-state index in [1.807, 2.05) is 66.7 Å². The van der Waals surface area contributed by atoms with Gasteiger partial charge in [0, 0.05) is 36.9 Å². The van der Waals surface area contributed by atoms with Crippen LogP contribution in [-0.4, -0.2) is 71.6 Å². The summed E-state index contributed by atoms with van der Waals surface area (Å²) >= 11 is 0. The van der Waals surface area contributed by atoms with E-state index >= 15 is 0 Å². The summed E-state index contributed by atoms with van der Waals surface area (Å²) in [4.78, 5) is 21.6. The highest BCUT2D eigenvalue weighted by Gasteiger charge is 2.19. The summed E-state index contributed by atoms with van der Waals surface area (Å²) in [7, 11) is 3.23. The van der Waals surface area contributed by atoms with Crippen LogP contribution in [0, 0.1) is 0 Å². The van der Waals surface area contributed by atoms with Crippen molar-refractivity contribution in [3.8, 4) is 22.8 Å². The minimum Gasteiger partial charge on any atom is -0.487 e. The summed E-state index contributed by atoms with van der Waals surface area (Å²) < 4.78 is 29.1. The van der Waals surface area contributed by atoms with Gasteiger partial charge in [0.05, 0.1) is 24.9 Å². The molecule has 0 saturated carbocycles. The molecular weight excluding hydrogens is 564 g/mol. The predicted octanol–water partition coefficient (Wildman–Crippen LogP) is 4.99. The zero-order chi connectivity index (χ0) is 30.7. The first-order valence-corrected chi connectivity index (χ1v) is 14.1. The van der Waals surface area contributed by atoms with Crippen LogP contribution in [0.3, 0.4) is 0 Å². The molecule has 5 rings (SSSR count). The third-order valence-electron chi connectivity index (χ3n) is 6.68. The van der Waals surface area contributed by atoms with Gasteiger partial charge in [0.1, 0.15) is 43.7 Å². The van der Waals surface area contributed by atoms with E-state index in [1.54, 1.807) is 27.3 Å². The molecule has 2 aromatic heterocycles. The molecule has 0 aliphatic heterocycles. The molecule has 0 aliphatic carbocycles. The maximum Gasteiger partial charge on any atom is 0.331 e. The van der Waals surface area contributed by atoms with Gasteiger partial charge in [0.2, 0.25) is 0 Å². The van der Waals surface area contributed by atoms with E-state index in [0.717, 1.165) is 22.2 Å². The van der Waals surface area contributed by atoms with Crippen LogP contribution >= 0.6 is 0 Å². The molecule has 0 amide bonds. The third kappa shape index (κ3) is 7.65. The summed E-state index contributed by atoms with van der Waals surface area (Å²) in [6.07, 6.45) is 3.21. The summed E-state index contributed by atoms with van der Waals surface area (Å²) in [5, 5.41) is 12.6. The summed E-state index contributed by atoms with van der Waals surface area (Å²) in [6.45, 7) is 3.50. The van der Waals surface area contributed by atoms with Gasteiger partial charge in [-0.1, -0.05) is 47.7 Å². The smallest absolute Gasteiger partial charge is 0.331 e. The van der Waals surface area contributed by atoms with Gasteiger partial charge in [-0.25, -0.2) is 19.4 Å². The fourth-order valence-electron chi connectivity index (χ4n) is 4.31. The Bertz CT molecular complexity index is 1680. The van der Waals surface area contributed by atoms with Gasteiger partial charge < -0.3 is 29.0 Å². The van der Waals surface area contributed by atoms with E-state index in [2.05, 4.69) is 25.6 Å². The number of carbonyl (C=O) groups excluding carboxylic acids is 1. The molecule has 0 spiro atoms. The van der Waals surface area contributed by atoms with Crippen molar-refractivity contribution in [3.63, 3.8) is 0 Å². The lowest BCUT2D eigenvalue weighted by Gasteiger charge is -2.15. The Morgan fingerprint density at radius 3 is 2.39 bits per heavy atom. The Morgan fingerprint density at radius 1 is 0.886 bits per heavy atom. The van der Waals surface area contributed by atoms with E-state index in [4.69, 9.17) is 23.7 Å². The molecule has 0 bridgehead atoms. The van der Waals surface area contributed by atoms with Gasteiger partial charge in [0.15, 0.2) is 11.5 Å². The Morgan fingerprint density at radius 2 is 1.64 bits per heavy atom. The number of methoxy groups -OCH3 is 2. The highest BCUT2D eigenvalue weighted by atomic mass is 16.5. The molecule has 1 N–H and O–H groups in total. The van der Waals surface area contributed by atoms with Gasteiger partial charge in [-0.2, -0.15) is 0 Å². The van der Waals surface area contributed by atoms with E-state index in [1.165, 1.54) is 11.0 Å². The second-order valence-electron chi connectivity index (χ2n) is 9.78. The third-order valence-corrected chi connectivity index (χ3v) is 6.68.